The summed E-state index contributed by atoms with van der Waals surface area (Å²) in [5.41, 5.74) is 0.790. The molecular weight excluding hydrogens is 299 g/mol. The number of halogens is 3. The molecule has 0 N–H and O–H groups in total. The smallest absolute Gasteiger partial charge is 0.169 e. The number of carbonyl (C=O) groups is 1. The van der Waals surface area contributed by atoms with Crippen LogP contribution in [0.25, 0.3) is 10.4 Å². The van der Waals surface area contributed by atoms with E-state index in [1.165, 1.54) is 18.3 Å². The molecule has 0 bridgehead atoms. The number of rotatable bonds is 2. The van der Waals surface area contributed by atoms with Crippen molar-refractivity contribution in [1.29, 1.82) is 0 Å². The summed E-state index contributed by atoms with van der Waals surface area (Å²) < 4.78 is 0. The molecular formula is C12H7Cl3OS. The van der Waals surface area contributed by atoms with Crippen LogP contribution >= 0.6 is 46.1 Å². The van der Waals surface area contributed by atoms with Crippen LogP contribution in [-0.2, 0) is 0 Å². The third kappa shape index (κ3) is 2.50. The van der Waals surface area contributed by atoms with Crippen molar-refractivity contribution in [3.63, 3.8) is 0 Å². The maximum Gasteiger partial charge on any atom is 0.169 e. The Morgan fingerprint density at radius 2 is 1.76 bits per heavy atom. The van der Waals surface area contributed by atoms with Crippen LogP contribution in [0.2, 0.25) is 15.1 Å². The van der Waals surface area contributed by atoms with Gasteiger partial charge in [0.1, 0.15) is 0 Å². The molecule has 1 nitrogen and oxygen atoms in total. The van der Waals surface area contributed by atoms with Crippen LogP contribution in [0, 0.1) is 0 Å². The Bertz CT molecular complexity index is 589. The molecule has 2 rings (SSSR count). The van der Waals surface area contributed by atoms with Crippen molar-refractivity contribution >= 4 is 51.9 Å². The number of thiophene rings is 1. The van der Waals surface area contributed by atoms with Gasteiger partial charge < -0.3 is 0 Å². The fourth-order valence-corrected chi connectivity index (χ4v) is 3.01. The van der Waals surface area contributed by atoms with Crippen LogP contribution in [0.15, 0.2) is 24.3 Å². The minimum Gasteiger partial charge on any atom is -0.294 e. The number of hydrogen-bond donors (Lipinski definition) is 0. The van der Waals surface area contributed by atoms with E-state index in [4.69, 9.17) is 34.8 Å². The summed E-state index contributed by atoms with van der Waals surface area (Å²) in [7, 11) is 0. The normalized spacial score (nSPS) is 10.6. The number of Topliss-reactive ketones (excluding diaryl/α,β-unsaturated/α-hetero) is 1. The van der Waals surface area contributed by atoms with E-state index < -0.39 is 0 Å². The minimum atomic E-state index is 0.0393. The highest BCUT2D eigenvalue weighted by atomic mass is 35.5. The molecule has 0 amide bonds. The second kappa shape index (κ2) is 4.99. The molecule has 0 aliphatic heterocycles. The van der Waals surface area contributed by atoms with Gasteiger partial charge in [0.05, 0.1) is 19.9 Å². The first kappa shape index (κ1) is 12.9. The summed E-state index contributed by atoms with van der Waals surface area (Å²) in [5, 5.41) is 1.17. The van der Waals surface area contributed by atoms with Crippen molar-refractivity contribution in [1.82, 2.24) is 0 Å². The van der Waals surface area contributed by atoms with Gasteiger partial charge in [-0.1, -0.05) is 40.9 Å². The zero-order valence-electron chi connectivity index (χ0n) is 8.76. The molecule has 0 unspecified atom stereocenters. The highest BCUT2D eigenvalue weighted by Crippen LogP contribution is 2.40. The first-order valence-corrected chi connectivity index (χ1v) is 6.70. The molecule has 0 aliphatic rings. The Balaban J connectivity index is 2.53. The van der Waals surface area contributed by atoms with E-state index in [1.807, 2.05) is 6.07 Å². The highest BCUT2D eigenvalue weighted by Gasteiger charge is 2.13. The average molecular weight is 306 g/mol. The third-order valence-electron chi connectivity index (χ3n) is 2.25. The van der Waals surface area contributed by atoms with Crippen LogP contribution in [0.3, 0.4) is 0 Å². The molecule has 0 aliphatic carbocycles. The second-order valence-corrected chi connectivity index (χ2v) is 5.69. The molecule has 17 heavy (non-hydrogen) atoms. The van der Waals surface area contributed by atoms with Crippen LogP contribution in [0.1, 0.15) is 16.6 Å². The predicted octanol–water partition coefficient (Wildman–Crippen LogP) is 5.58. The molecule has 5 heteroatoms. The maximum atomic E-state index is 11.2. The van der Waals surface area contributed by atoms with Crippen molar-refractivity contribution < 1.29 is 4.79 Å². The molecule has 1 aromatic heterocycles. The monoisotopic (exact) mass is 304 g/mol. The zero-order valence-corrected chi connectivity index (χ0v) is 11.8. The Morgan fingerprint density at radius 1 is 1.06 bits per heavy atom. The van der Waals surface area contributed by atoms with Crippen LogP contribution < -0.4 is 0 Å². The molecule has 0 fully saturated rings. The molecule has 1 aromatic carbocycles. The van der Waals surface area contributed by atoms with Gasteiger partial charge >= 0.3 is 0 Å². The number of hydrogen-bond acceptors (Lipinski definition) is 2. The molecule has 0 radical (unpaired) electrons. The summed E-state index contributed by atoms with van der Waals surface area (Å²) in [6.07, 6.45) is 0. The van der Waals surface area contributed by atoms with Crippen molar-refractivity contribution in [2.24, 2.45) is 0 Å². The van der Waals surface area contributed by atoms with Gasteiger partial charge in [0.15, 0.2) is 5.78 Å². The van der Waals surface area contributed by atoms with Crippen LogP contribution in [-0.4, -0.2) is 5.78 Å². The fraction of sp³-hybridized carbons (Fsp3) is 0.0833. The lowest BCUT2D eigenvalue weighted by Gasteiger charge is -2.04. The largest absolute Gasteiger partial charge is 0.294 e. The number of benzene rings is 1. The lowest BCUT2D eigenvalue weighted by molar-refractivity contribution is 0.102. The Labute approximate surface area is 118 Å². The van der Waals surface area contributed by atoms with Gasteiger partial charge in [-0.2, -0.15) is 0 Å². The first-order valence-electron chi connectivity index (χ1n) is 4.75. The van der Waals surface area contributed by atoms with Gasteiger partial charge in [-0.15, -0.1) is 11.3 Å². The van der Waals surface area contributed by atoms with E-state index in [0.29, 0.717) is 19.9 Å². The SMILES string of the molecule is CC(=O)c1ccc(-c2ccc(Cl)c(Cl)c2Cl)s1. The first-order chi connectivity index (χ1) is 8.00. The molecule has 0 spiro atoms. The van der Waals surface area contributed by atoms with Crippen molar-refractivity contribution in [2.45, 2.75) is 6.92 Å². The molecule has 1 heterocycles. The van der Waals surface area contributed by atoms with Crippen molar-refractivity contribution in [3.05, 3.63) is 44.2 Å². The van der Waals surface area contributed by atoms with Crippen molar-refractivity contribution in [2.75, 3.05) is 0 Å². The standard InChI is InChI=1S/C12H7Cl3OS/c1-6(16)9-4-5-10(17-9)7-2-3-8(13)12(15)11(7)14/h2-5H,1H3. The van der Waals surface area contributed by atoms with Gasteiger partial charge in [0.2, 0.25) is 0 Å². The van der Waals surface area contributed by atoms with E-state index in [9.17, 15) is 4.79 Å². The lowest BCUT2D eigenvalue weighted by Crippen LogP contribution is -1.83. The Hall–Kier alpha value is -0.540. The Morgan fingerprint density at radius 3 is 2.35 bits per heavy atom. The number of carbonyl (C=O) groups excluding carboxylic acids is 1. The molecule has 2 aromatic rings. The fourth-order valence-electron chi connectivity index (χ4n) is 1.39. The van der Waals surface area contributed by atoms with Gasteiger partial charge in [-0.05, 0) is 25.1 Å². The highest BCUT2D eigenvalue weighted by molar-refractivity contribution is 7.17. The lowest BCUT2D eigenvalue weighted by atomic mass is 10.2. The van der Waals surface area contributed by atoms with E-state index in [-0.39, 0.29) is 5.78 Å². The Kier molecular flexibility index (Phi) is 3.79. The van der Waals surface area contributed by atoms with E-state index in [2.05, 4.69) is 0 Å². The van der Waals surface area contributed by atoms with Crippen molar-refractivity contribution in [3.8, 4) is 10.4 Å². The summed E-state index contributed by atoms with van der Waals surface area (Å²) in [5.74, 6) is 0.0393. The average Bonchev–Trinajstić information content (AvgIpc) is 2.75. The van der Waals surface area contributed by atoms with Crippen LogP contribution in [0.5, 0.6) is 0 Å². The second-order valence-electron chi connectivity index (χ2n) is 3.44. The number of ketones is 1. The molecule has 0 saturated heterocycles. The summed E-state index contributed by atoms with van der Waals surface area (Å²) in [4.78, 5) is 12.8. The minimum absolute atomic E-state index is 0.0393. The van der Waals surface area contributed by atoms with E-state index >= 15 is 0 Å². The summed E-state index contributed by atoms with van der Waals surface area (Å²) >= 11 is 19.4. The predicted molar refractivity (Wildman–Crippen MR) is 74.8 cm³/mol. The molecule has 0 saturated carbocycles. The maximum absolute atomic E-state index is 11.2. The third-order valence-corrected chi connectivity index (χ3v) is 4.77. The van der Waals surface area contributed by atoms with Gasteiger partial charge in [-0.3, -0.25) is 4.79 Å². The van der Waals surface area contributed by atoms with Gasteiger partial charge in [0, 0.05) is 10.4 Å². The van der Waals surface area contributed by atoms with Gasteiger partial charge in [-0.25, -0.2) is 0 Å². The summed E-state index contributed by atoms with van der Waals surface area (Å²) in [6, 6.07) is 7.12. The zero-order chi connectivity index (χ0) is 12.6. The molecule has 0 atom stereocenters. The topological polar surface area (TPSA) is 17.1 Å². The van der Waals surface area contributed by atoms with E-state index in [1.54, 1.807) is 18.2 Å². The molecule has 88 valence electrons. The van der Waals surface area contributed by atoms with Gasteiger partial charge in [0.25, 0.3) is 0 Å². The quantitative estimate of drug-likeness (QED) is 0.523. The van der Waals surface area contributed by atoms with E-state index in [0.717, 1.165) is 10.4 Å². The van der Waals surface area contributed by atoms with Crippen LogP contribution in [0.4, 0.5) is 0 Å². The summed E-state index contributed by atoms with van der Waals surface area (Å²) in [6.45, 7) is 1.53.